The summed E-state index contributed by atoms with van der Waals surface area (Å²) in [5.74, 6) is 0.0566. The van der Waals surface area contributed by atoms with Crippen molar-refractivity contribution in [3.63, 3.8) is 0 Å². The van der Waals surface area contributed by atoms with E-state index in [-0.39, 0.29) is 23.3 Å². The van der Waals surface area contributed by atoms with Crippen LogP contribution < -0.4 is 5.32 Å². The van der Waals surface area contributed by atoms with E-state index in [1.54, 1.807) is 0 Å². The smallest absolute Gasteiger partial charge is 0.220 e. The molecule has 0 saturated carbocycles. The van der Waals surface area contributed by atoms with Crippen molar-refractivity contribution in [2.24, 2.45) is 5.92 Å². The fourth-order valence-electron chi connectivity index (χ4n) is 1.57. The van der Waals surface area contributed by atoms with Crippen LogP contribution in [0.2, 0.25) is 0 Å². The van der Waals surface area contributed by atoms with Gasteiger partial charge in [0.1, 0.15) is 0 Å². The van der Waals surface area contributed by atoms with Crippen LogP contribution in [0, 0.1) is 5.92 Å². The van der Waals surface area contributed by atoms with E-state index in [0.29, 0.717) is 6.42 Å². The fraction of sp³-hybridized carbons (Fsp3) is 0.889. The minimum atomic E-state index is -3.07. The summed E-state index contributed by atoms with van der Waals surface area (Å²) in [5, 5.41) is 2.17. The standard InChI is InChI=1S/C9H16ClNO3S/c1-6(2)3-9(12)11-8-5-15(13,14)4-7(8)10/h6-8H,3-5H2,1-2H3,(H,11,12)/t7-,8+/m1/s1. The van der Waals surface area contributed by atoms with Crippen LogP contribution in [-0.4, -0.2) is 37.2 Å². The third-order valence-electron chi connectivity index (χ3n) is 2.22. The van der Waals surface area contributed by atoms with Gasteiger partial charge in [-0.05, 0) is 5.92 Å². The van der Waals surface area contributed by atoms with Crippen LogP contribution in [0.1, 0.15) is 20.3 Å². The Hall–Kier alpha value is -0.290. The van der Waals surface area contributed by atoms with Crippen molar-refractivity contribution in [3.05, 3.63) is 0 Å². The quantitative estimate of drug-likeness (QED) is 0.748. The SMILES string of the molecule is CC(C)CC(=O)N[C@H]1CS(=O)(=O)C[C@H]1Cl. The van der Waals surface area contributed by atoms with Gasteiger partial charge in [0.25, 0.3) is 0 Å². The number of nitrogens with one attached hydrogen (secondary N) is 1. The largest absolute Gasteiger partial charge is 0.351 e. The Labute approximate surface area is 95.3 Å². The number of rotatable bonds is 3. The average Bonchev–Trinajstić information content (AvgIpc) is 2.22. The van der Waals surface area contributed by atoms with E-state index in [9.17, 15) is 13.2 Å². The van der Waals surface area contributed by atoms with Crippen molar-refractivity contribution in [1.29, 1.82) is 0 Å². The molecule has 1 saturated heterocycles. The number of halogens is 1. The fourth-order valence-corrected chi connectivity index (χ4v) is 4.12. The van der Waals surface area contributed by atoms with Gasteiger partial charge in [-0.1, -0.05) is 13.8 Å². The molecule has 1 aliphatic heterocycles. The Bertz CT molecular complexity index is 339. The van der Waals surface area contributed by atoms with Crippen molar-refractivity contribution < 1.29 is 13.2 Å². The molecule has 1 rings (SSSR count). The third-order valence-corrected chi connectivity index (χ3v) is 4.60. The predicted octanol–water partition coefficient (Wildman–Crippen LogP) is 0.553. The first-order valence-electron chi connectivity index (χ1n) is 4.94. The molecule has 1 N–H and O–H groups in total. The highest BCUT2D eigenvalue weighted by Gasteiger charge is 2.37. The number of carbonyl (C=O) groups excluding carboxylic acids is 1. The average molecular weight is 254 g/mol. The second-order valence-corrected chi connectivity index (χ2v) is 7.08. The van der Waals surface area contributed by atoms with Crippen molar-refractivity contribution in [2.45, 2.75) is 31.7 Å². The Kier molecular flexibility index (Phi) is 4.00. The lowest BCUT2D eigenvalue weighted by atomic mass is 10.1. The maximum atomic E-state index is 11.4. The molecule has 88 valence electrons. The summed E-state index contributed by atoms with van der Waals surface area (Å²) in [6.45, 7) is 3.87. The lowest BCUT2D eigenvalue weighted by Gasteiger charge is -2.15. The zero-order chi connectivity index (χ0) is 11.6. The molecular formula is C9H16ClNO3S. The van der Waals surface area contributed by atoms with Crippen molar-refractivity contribution in [2.75, 3.05) is 11.5 Å². The summed E-state index contributed by atoms with van der Waals surface area (Å²) in [5.41, 5.74) is 0. The molecule has 0 aliphatic carbocycles. The second kappa shape index (κ2) is 4.70. The maximum absolute atomic E-state index is 11.4. The lowest BCUT2D eigenvalue weighted by molar-refractivity contribution is -0.122. The zero-order valence-electron chi connectivity index (χ0n) is 8.86. The number of alkyl halides is 1. The van der Waals surface area contributed by atoms with Gasteiger partial charge in [-0.2, -0.15) is 0 Å². The molecule has 0 bridgehead atoms. The third kappa shape index (κ3) is 3.99. The Balaban J connectivity index is 2.50. The molecular weight excluding hydrogens is 238 g/mol. The minimum absolute atomic E-state index is 0.0367. The summed E-state index contributed by atoms with van der Waals surface area (Å²) in [6.07, 6.45) is 0.403. The van der Waals surface area contributed by atoms with E-state index >= 15 is 0 Å². The van der Waals surface area contributed by atoms with Gasteiger partial charge in [-0.3, -0.25) is 4.79 Å². The van der Waals surface area contributed by atoms with Gasteiger partial charge in [0.15, 0.2) is 9.84 Å². The molecule has 0 aromatic carbocycles. The molecule has 0 radical (unpaired) electrons. The van der Waals surface area contributed by atoms with Crippen LogP contribution in [0.25, 0.3) is 0 Å². The molecule has 0 spiro atoms. The second-order valence-electron chi connectivity index (χ2n) is 4.36. The molecule has 1 fully saturated rings. The summed E-state index contributed by atoms with van der Waals surface area (Å²) in [4.78, 5) is 11.4. The van der Waals surface area contributed by atoms with E-state index in [4.69, 9.17) is 11.6 Å². The van der Waals surface area contributed by atoms with E-state index in [2.05, 4.69) is 5.32 Å². The monoisotopic (exact) mass is 253 g/mol. The van der Waals surface area contributed by atoms with Gasteiger partial charge in [0.05, 0.1) is 22.9 Å². The minimum Gasteiger partial charge on any atom is -0.351 e. The van der Waals surface area contributed by atoms with Crippen LogP contribution in [-0.2, 0) is 14.6 Å². The van der Waals surface area contributed by atoms with Crippen molar-refractivity contribution >= 4 is 27.3 Å². The number of hydrogen-bond donors (Lipinski definition) is 1. The van der Waals surface area contributed by atoms with Crippen molar-refractivity contribution in [1.82, 2.24) is 5.32 Å². The van der Waals surface area contributed by atoms with Gasteiger partial charge in [-0.25, -0.2) is 8.42 Å². The van der Waals surface area contributed by atoms with Crippen LogP contribution >= 0.6 is 11.6 Å². The molecule has 0 aromatic rings. The van der Waals surface area contributed by atoms with Gasteiger partial charge in [0.2, 0.25) is 5.91 Å². The first-order valence-corrected chi connectivity index (χ1v) is 7.20. The molecule has 15 heavy (non-hydrogen) atoms. The first-order chi connectivity index (χ1) is 6.80. The van der Waals surface area contributed by atoms with Crippen LogP contribution in [0.3, 0.4) is 0 Å². The molecule has 2 atom stereocenters. The summed E-state index contributed by atoms with van der Waals surface area (Å²) >= 11 is 5.85. The number of carbonyl (C=O) groups is 1. The molecule has 0 aromatic heterocycles. The van der Waals surface area contributed by atoms with Crippen LogP contribution in [0.15, 0.2) is 0 Å². The van der Waals surface area contributed by atoms with E-state index in [1.165, 1.54) is 0 Å². The number of amides is 1. The molecule has 4 nitrogen and oxygen atoms in total. The molecule has 1 amide bonds. The topological polar surface area (TPSA) is 63.2 Å². The van der Waals surface area contributed by atoms with E-state index in [1.807, 2.05) is 13.8 Å². The highest BCUT2D eigenvalue weighted by molar-refractivity contribution is 7.91. The Morgan fingerprint density at radius 1 is 1.47 bits per heavy atom. The highest BCUT2D eigenvalue weighted by atomic mass is 35.5. The van der Waals surface area contributed by atoms with Crippen LogP contribution in [0.5, 0.6) is 0 Å². The summed E-state index contributed by atoms with van der Waals surface area (Å²) in [6, 6.07) is -0.428. The summed E-state index contributed by atoms with van der Waals surface area (Å²) < 4.78 is 22.4. The maximum Gasteiger partial charge on any atom is 0.220 e. The molecule has 0 unspecified atom stereocenters. The normalized spacial score (nSPS) is 29.3. The Morgan fingerprint density at radius 2 is 2.07 bits per heavy atom. The van der Waals surface area contributed by atoms with Crippen LogP contribution in [0.4, 0.5) is 0 Å². The van der Waals surface area contributed by atoms with Gasteiger partial charge in [0, 0.05) is 6.42 Å². The molecule has 1 heterocycles. The predicted molar refractivity (Wildman–Crippen MR) is 59.7 cm³/mol. The summed E-state index contributed by atoms with van der Waals surface area (Å²) in [7, 11) is -3.07. The van der Waals surface area contributed by atoms with Crippen molar-refractivity contribution in [3.8, 4) is 0 Å². The van der Waals surface area contributed by atoms with E-state index in [0.717, 1.165) is 0 Å². The number of hydrogen-bond acceptors (Lipinski definition) is 3. The molecule has 1 aliphatic rings. The van der Waals surface area contributed by atoms with Gasteiger partial charge >= 0.3 is 0 Å². The van der Waals surface area contributed by atoms with E-state index < -0.39 is 21.3 Å². The van der Waals surface area contributed by atoms with Gasteiger partial charge < -0.3 is 5.32 Å². The molecule has 6 heteroatoms. The first kappa shape index (κ1) is 12.8. The Morgan fingerprint density at radius 3 is 2.47 bits per heavy atom. The lowest BCUT2D eigenvalue weighted by Crippen LogP contribution is -2.41. The van der Waals surface area contributed by atoms with Gasteiger partial charge in [-0.15, -0.1) is 11.6 Å². The zero-order valence-corrected chi connectivity index (χ0v) is 10.4. The highest BCUT2D eigenvalue weighted by Crippen LogP contribution is 2.18. The number of sulfone groups is 1.